The maximum Gasteiger partial charge on any atom is 0.166 e. The Balaban J connectivity index is 1.68. The van der Waals surface area contributed by atoms with Crippen LogP contribution in [0.15, 0.2) is 54.6 Å². The molecular weight excluding hydrogens is 431 g/mol. The van der Waals surface area contributed by atoms with Gasteiger partial charge in [-0.15, -0.1) is 0 Å². The SMILES string of the molecule is CCCOc1ccc(-c2c(C)nn3c(-c4ccc(F)cc4)cc(N4CCCC4CO)nc23)cc1. The van der Waals surface area contributed by atoms with Crippen LogP contribution in [0.3, 0.4) is 0 Å². The molecule has 0 saturated carbocycles. The zero-order valence-corrected chi connectivity index (χ0v) is 19.5. The average Bonchev–Trinajstić information content (AvgIpc) is 3.46. The topological polar surface area (TPSA) is 62.9 Å². The molecule has 1 saturated heterocycles. The van der Waals surface area contributed by atoms with E-state index in [-0.39, 0.29) is 18.5 Å². The third kappa shape index (κ3) is 4.12. The number of rotatable bonds is 7. The van der Waals surface area contributed by atoms with Crippen LogP contribution < -0.4 is 9.64 Å². The first-order chi connectivity index (χ1) is 16.6. The Morgan fingerprint density at radius 2 is 1.82 bits per heavy atom. The largest absolute Gasteiger partial charge is 0.494 e. The first-order valence-corrected chi connectivity index (χ1v) is 11.9. The number of aliphatic hydroxyl groups excluding tert-OH is 1. The smallest absolute Gasteiger partial charge is 0.166 e. The molecule has 34 heavy (non-hydrogen) atoms. The summed E-state index contributed by atoms with van der Waals surface area (Å²) in [4.78, 5) is 7.21. The van der Waals surface area contributed by atoms with Crippen LogP contribution in [0.25, 0.3) is 28.0 Å². The van der Waals surface area contributed by atoms with E-state index >= 15 is 0 Å². The summed E-state index contributed by atoms with van der Waals surface area (Å²) < 4.78 is 21.2. The third-order valence-corrected chi connectivity index (χ3v) is 6.39. The van der Waals surface area contributed by atoms with E-state index < -0.39 is 0 Å². The predicted octanol–water partition coefficient (Wildman–Crippen LogP) is 5.26. The van der Waals surface area contributed by atoms with Gasteiger partial charge < -0.3 is 14.7 Å². The molecule has 6 nitrogen and oxygen atoms in total. The van der Waals surface area contributed by atoms with E-state index in [9.17, 15) is 9.50 Å². The van der Waals surface area contributed by atoms with Crippen molar-refractivity contribution in [2.75, 3.05) is 24.7 Å². The van der Waals surface area contributed by atoms with Gasteiger partial charge in [0, 0.05) is 23.7 Å². The summed E-state index contributed by atoms with van der Waals surface area (Å²) in [7, 11) is 0. The van der Waals surface area contributed by atoms with E-state index in [1.54, 1.807) is 12.1 Å². The number of ether oxygens (including phenoxy) is 1. The van der Waals surface area contributed by atoms with Gasteiger partial charge >= 0.3 is 0 Å². The minimum Gasteiger partial charge on any atom is -0.494 e. The van der Waals surface area contributed by atoms with Crippen LogP contribution in [-0.4, -0.2) is 45.5 Å². The van der Waals surface area contributed by atoms with Gasteiger partial charge in [-0.25, -0.2) is 13.9 Å². The first kappa shape index (κ1) is 22.3. The highest BCUT2D eigenvalue weighted by Crippen LogP contribution is 2.35. The van der Waals surface area contributed by atoms with Gasteiger partial charge in [-0.1, -0.05) is 19.1 Å². The molecule has 0 aliphatic carbocycles. The minimum atomic E-state index is -0.281. The van der Waals surface area contributed by atoms with E-state index in [4.69, 9.17) is 14.8 Å². The van der Waals surface area contributed by atoms with Gasteiger partial charge in [-0.05, 0) is 68.1 Å². The fourth-order valence-corrected chi connectivity index (χ4v) is 4.69. The Labute approximate surface area is 198 Å². The number of halogens is 1. The number of hydrogen-bond donors (Lipinski definition) is 1. The van der Waals surface area contributed by atoms with Crippen molar-refractivity contribution in [1.29, 1.82) is 0 Å². The average molecular weight is 461 g/mol. The number of anilines is 1. The molecule has 4 aromatic rings. The summed E-state index contributed by atoms with van der Waals surface area (Å²) in [5.74, 6) is 1.35. The van der Waals surface area contributed by atoms with Gasteiger partial charge in [0.05, 0.1) is 30.6 Å². The Kier molecular flexibility index (Phi) is 6.20. The van der Waals surface area contributed by atoms with E-state index in [1.165, 1.54) is 12.1 Å². The van der Waals surface area contributed by atoms with E-state index in [2.05, 4.69) is 11.8 Å². The van der Waals surface area contributed by atoms with Crippen molar-refractivity contribution in [3.05, 3.63) is 66.1 Å². The van der Waals surface area contributed by atoms with Crippen LogP contribution in [0.5, 0.6) is 5.75 Å². The molecule has 1 aliphatic rings. The Morgan fingerprint density at radius 1 is 1.09 bits per heavy atom. The van der Waals surface area contributed by atoms with E-state index in [0.29, 0.717) is 6.61 Å². The van der Waals surface area contributed by atoms with Crippen LogP contribution in [-0.2, 0) is 0 Å². The molecule has 1 atom stereocenters. The number of benzene rings is 2. The number of aromatic nitrogens is 3. The van der Waals surface area contributed by atoms with Crippen LogP contribution in [0.2, 0.25) is 0 Å². The second kappa shape index (κ2) is 9.43. The molecule has 0 spiro atoms. The standard InChI is InChI=1S/C27H29FN4O2/c1-3-15-34-23-12-8-20(9-13-23)26-18(2)30-32-24(19-6-10-21(28)11-7-19)16-25(29-27(26)32)31-14-4-5-22(31)17-33/h6-13,16,22,33H,3-5,14-15,17H2,1-2H3. The van der Waals surface area contributed by atoms with Crippen LogP contribution in [0.1, 0.15) is 31.9 Å². The summed E-state index contributed by atoms with van der Waals surface area (Å²) in [6.07, 6.45) is 2.90. The van der Waals surface area contributed by atoms with Crippen LogP contribution in [0.4, 0.5) is 10.2 Å². The normalized spacial score (nSPS) is 15.9. The monoisotopic (exact) mass is 460 g/mol. The summed E-state index contributed by atoms with van der Waals surface area (Å²) >= 11 is 0. The van der Waals surface area contributed by atoms with Gasteiger partial charge in [0.25, 0.3) is 0 Å². The fraction of sp³-hybridized carbons (Fsp3) is 0.333. The molecule has 1 unspecified atom stereocenters. The molecule has 3 heterocycles. The number of nitrogens with zero attached hydrogens (tertiary/aromatic N) is 4. The zero-order valence-electron chi connectivity index (χ0n) is 19.5. The van der Waals surface area contributed by atoms with Crippen molar-refractivity contribution >= 4 is 11.5 Å². The van der Waals surface area contributed by atoms with Crippen molar-refractivity contribution < 1.29 is 14.2 Å². The number of hydrogen-bond acceptors (Lipinski definition) is 5. The highest BCUT2D eigenvalue weighted by atomic mass is 19.1. The third-order valence-electron chi connectivity index (χ3n) is 6.39. The van der Waals surface area contributed by atoms with Crippen molar-refractivity contribution in [2.45, 2.75) is 39.2 Å². The molecule has 176 valence electrons. The highest BCUT2D eigenvalue weighted by Gasteiger charge is 2.27. The predicted molar refractivity (Wildman–Crippen MR) is 132 cm³/mol. The number of aryl methyl sites for hydroxylation is 1. The van der Waals surface area contributed by atoms with E-state index in [1.807, 2.05) is 41.8 Å². The fourth-order valence-electron chi connectivity index (χ4n) is 4.69. The molecular formula is C27H29FN4O2. The van der Waals surface area contributed by atoms with Gasteiger partial charge in [-0.3, -0.25) is 0 Å². The number of fused-ring (bicyclic) bond motifs is 1. The molecule has 5 rings (SSSR count). The van der Waals surface area contributed by atoms with Crippen LogP contribution >= 0.6 is 0 Å². The first-order valence-electron chi connectivity index (χ1n) is 11.9. The molecule has 1 N–H and O–H groups in total. The maximum absolute atomic E-state index is 13.7. The summed E-state index contributed by atoms with van der Waals surface area (Å²) in [6.45, 7) is 5.67. The summed E-state index contributed by atoms with van der Waals surface area (Å²) in [5.41, 5.74) is 5.24. The quantitative estimate of drug-likeness (QED) is 0.408. The maximum atomic E-state index is 13.7. The Bertz CT molecular complexity index is 1280. The van der Waals surface area contributed by atoms with Crippen molar-refractivity contribution in [2.24, 2.45) is 0 Å². The lowest BCUT2D eigenvalue weighted by Gasteiger charge is -2.25. The molecule has 0 bridgehead atoms. The Hall–Kier alpha value is -3.45. The molecule has 0 radical (unpaired) electrons. The van der Waals surface area contributed by atoms with Crippen molar-refractivity contribution in [3.63, 3.8) is 0 Å². The highest BCUT2D eigenvalue weighted by molar-refractivity contribution is 5.83. The second-order valence-corrected chi connectivity index (χ2v) is 8.75. The molecule has 2 aromatic heterocycles. The molecule has 1 fully saturated rings. The van der Waals surface area contributed by atoms with Gasteiger partial charge in [0.2, 0.25) is 0 Å². The van der Waals surface area contributed by atoms with Gasteiger partial charge in [-0.2, -0.15) is 5.10 Å². The number of aliphatic hydroxyl groups is 1. The lowest BCUT2D eigenvalue weighted by atomic mass is 10.1. The molecule has 1 aliphatic heterocycles. The van der Waals surface area contributed by atoms with Gasteiger partial charge in [0.1, 0.15) is 17.4 Å². The second-order valence-electron chi connectivity index (χ2n) is 8.75. The van der Waals surface area contributed by atoms with Gasteiger partial charge in [0.15, 0.2) is 5.65 Å². The molecule has 0 amide bonds. The molecule has 7 heteroatoms. The van der Waals surface area contributed by atoms with Crippen molar-refractivity contribution in [3.8, 4) is 28.1 Å². The zero-order chi connectivity index (χ0) is 23.7. The Morgan fingerprint density at radius 3 is 2.53 bits per heavy atom. The lowest BCUT2D eigenvalue weighted by molar-refractivity contribution is 0.266. The summed E-state index contributed by atoms with van der Waals surface area (Å²) in [6, 6.07) is 16.5. The van der Waals surface area contributed by atoms with Crippen LogP contribution in [0, 0.1) is 12.7 Å². The lowest BCUT2D eigenvalue weighted by Crippen LogP contribution is -2.32. The minimum absolute atomic E-state index is 0.0403. The summed E-state index contributed by atoms with van der Waals surface area (Å²) in [5, 5.41) is 14.7. The van der Waals surface area contributed by atoms with Crippen molar-refractivity contribution in [1.82, 2.24) is 14.6 Å². The van der Waals surface area contributed by atoms with E-state index in [0.717, 1.165) is 71.1 Å². The molecule has 2 aromatic carbocycles.